The van der Waals surface area contributed by atoms with Gasteiger partial charge in [-0.25, -0.2) is 5.84 Å². The van der Waals surface area contributed by atoms with E-state index < -0.39 is 0 Å². The zero-order chi connectivity index (χ0) is 8.10. The summed E-state index contributed by atoms with van der Waals surface area (Å²) in [6, 6.07) is 0.613. The Labute approximate surface area is 67.2 Å². The average Bonchev–Trinajstić information content (AvgIpc) is 2.81. The molecule has 1 saturated carbocycles. The lowest BCUT2D eigenvalue weighted by Gasteiger charge is -2.06. The van der Waals surface area contributed by atoms with Crippen LogP contribution < -0.4 is 16.6 Å². The summed E-state index contributed by atoms with van der Waals surface area (Å²) in [5.41, 5.74) is 2.55. The van der Waals surface area contributed by atoms with Gasteiger partial charge in [0.15, 0.2) is 0 Å². The second kappa shape index (κ2) is 4.18. The van der Waals surface area contributed by atoms with Gasteiger partial charge in [0.25, 0.3) is 0 Å². The van der Waals surface area contributed by atoms with Crippen LogP contribution in [-0.4, -0.2) is 18.5 Å². The number of hydrogen-bond acceptors (Lipinski definition) is 2. The van der Waals surface area contributed by atoms with Gasteiger partial charge in [-0.1, -0.05) is 6.92 Å². The van der Waals surface area contributed by atoms with E-state index >= 15 is 0 Å². The SMILES string of the molecule is CCCN=C(NN)NC1CC1. The van der Waals surface area contributed by atoms with Crippen LogP contribution in [0.3, 0.4) is 0 Å². The number of guanidine groups is 1. The molecule has 0 spiro atoms. The number of hydrazine groups is 1. The first kappa shape index (κ1) is 8.33. The Morgan fingerprint density at radius 2 is 2.36 bits per heavy atom. The van der Waals surface area contributed by atoms with Gasteiger partial charge in [-0.05, 0) is 19.3 Å². The minimum Gasteiger partial charge on any atom is -0.353 e. The van der Waals surface area contributed by atoms with Crippen molar-refractivity contribution in [2.75, 3.05) is 6.54 Å². The molecule has 0 bridgehead atoms. The fourth-order valence-corrected chi connectivity index (χ4v) is 0.778. The molecular formula is C7H16N4. The molecule has 0 aromatic rings. The summed E-state index contributed by atoms with van der Waals surface area (Å²) in [6.45, 7) is 2.92. The lowest BCUT2D eigenvalue weighted by Crippen LogP contribution is -2.42. The van der Waals surface area contributed by atoms with E-state index in [1.807, 2.05) is 0 Å². The van der Waals surface area contributed by atoms with Crippen molar-refractivity contribution >= 4 is 5.96 Å². The monoisotopic (exact) mass is 156 g/mol. The number of aliphatic imine (C=N–C) groups is 1. The highest BCUT2D eigenvalue weighted by atomic mass is 15.3. The normalized spacial score (nSPS) is 18.2. The summed E-state index contributed by atoms with van der Waals surface area (Å²) in [5, 5.41) is 3.19. The van der Waals surface area contributed by atoms with Crippen LogP contribution in [-0.2, 0) is 0 Å². The number of nitrogens with two attached hydrogens (primary N) is 1. The molecule has 0 amide bonds. The number of rotatable bonds is 3. The second-order valence-electron chi connectivity index (χ2n) is 2.79. The van der Waals surface area contributed by atoms with Crippen LogP contribution in [0.15, 0.2) is 4.99 Å². The molecule has 0 saturated heterocycles. The zero-order valence-electron chi connectivity index (χ0n) is 6.93. The summed E-state index contributed by atoms with van der Waals surface area (Å²) in [5.74, 6) is 5.98. The molecule has 1 fully saturated rings. The van der Waals surface area contributed by atoms with Crippen LogP contribution in [0.4, 0.5) is 0 Å². The van der Waals surface area contributed by atoms with Crippen molar-refractivity contribution in [2.45, 2.75) is 32.2 Å². The Bertz CT molecular complexity index is 139. The third-order valence-corrected chi connectivity index (χ3v) is 1.55. The van der Waals surface area contributed by atoms with Crippen molar-refractivity contribution in [2.24, 2.45) is 10.8 Å². The first-order chi connectivity index (χ1) is 5.36. The lowest BCUT2D eigenvalue weighted by atomic mass is 10.5. The molecule has 4 heteroatoms. The summed E-state index contributed by atoms with van der Waals surface area (Å²) in [6.07, 6.45) is 3.54. The fourth-order valence-electron chi connectivity index (χ4n) is 0.778. The Morgan fingerprint density at radius 1 is 1.64 bits per heavy atom. The number of nitrogens with zero attached hydrogens (tertiary/aromatic N) is 1. The van der Waals surface area contributed by atoms with Crippen molar-refractivity contribution < 1.29 is 0 Å². The molecule has 11 heavy (non-hydrogen) atoms. The molecule has 4 N–H and O–H groups in total. The summed E-state index contributed by atoms with van der Waals surface area (Å²) in [7, 11) is 0. The molecule has 64 valence electrons. The van der Waals surface area contributed by atoms with Gasteiger partial charge in [-0.2, -0.15) is 0 Å². The molecule has 1 rings (SSSR count). The maximum absolute atomic E-state index is 5.25. The molecule has 1 aliphatic carbocycles. The van der Waals surface area contributed by atoms with E-state index in [1.165, 1.54) is 12.8 Å². The lowest BCUT2D eigenvalue weighted by molar-refractivity contribution is 0.811. The van der Waals surface area contributed by atoms with Crippen molar-refractivity contribution in [1.82, 2.24) is 10.7 Å². The molecule has 0 aromatic carbocycles. The Morgan fingerprint density at radius 3 is 2.82 bits per heavy atom. The standard InChI is InChI=1S/C7H16N4/c1-2-5-9-7(11-8)10-6-3-4-6/h6H,2-5,8H2,1H3,(H2,9,10,11). The van der Waals surface area contributed by atoms with E-state index in [-0.39, 0.29) is 0 Å². The molecule has 4 nitrogen and oxygen atoms in total. The maximum Gasteiger partial charge on any atom is 0.205 e. The van der Waals surface area contributed by atoms with Gasteiger partial charge in [0.2, 0.25) is 5.96 Å². The van der Waals surface area contributed by atoms with Gasteiger partial charge in [0.1, 0.15) is 0 Å². The molecule has 1 aliphatic rings. The van der Waals surface area contributed by atoms with Gasteiger partial charge >= 0.3 is 0 Å². The molecular weight excluding hydrogens is 140 g/mol. The largest absolute Gasteiger partial charge is 0.353 e. The smallest absolute Gasteiger partial charge is 0.205 e. The minimum absolute atomic E-state index is 0.613. The van der Waals surface area contributed by atoms with Crippen LogP contribution in [0, 0.1) is 0 Å². The van der Waals surface area contributed by atoms with E-state index in [9.17, 15) is 0 Å². The van der Waals surface area contributed by atoms with E-state index in [4.69, 9.17) is 5.84 Å². The number of nitrogens with one attached hydrogen (secondary N) is 2. The highest BCUT2D eigenvalue weighted by Crippen LogP contribution is 2.18. The Kier molecular flexibility index (Phi) is 3.16. The van der Waals surface area contributed by atoms with Crippen LogP contribution >= 0.6 is 0 Å². The fraction of sp³-hybridized carbons (Fsp3) is 0.857. The minimum atomic E-state index is 0.613. The van der Waals surface area contributed by atoms with E-state index in [0.29, 0.717) is 6.04 Å². The summed E-state index contributed by atoms with van der Waals surface area (Å²) in [4.78, 5) is 4.21. The van der Waals surface area contributed by atoms with Crippen LogP contribution in [0.2, 0.25) is 0 Å². The molecule has 0 unspecified atom stereocenters. The second-order valence-corrected chi connectivity index (χ2v) is 2.79. The maximum atomic E-state index is 5.25. The van der Waals surface area contributed by atoms with Gasteiger partial charge in [0.05, 0.1) is 0 Å². The topological polar surface area (TPSA) is 62.4 Å². The average molecular weight is 156 g/mol. The quantitative estimate of drug-likeness (QED) is 0.233. The highest BCUT2D eigenvalue weighted by Gasteiger charge is 2.21. The molecule has 0 heterocycles. The van der Waals surface area contributed by atoms with Crippen molar-refractivity contribution in [1.29, 1.82) is 0 Å². The molecule has 0 aromatic heterocycles. The Balaban J connectivity index is 2.21. The summed E-state index contributed by atoms with van der Waals surface area (Å²) >= 11 is 0. The summed E-state index contributed by atoms with van der Waals surface area (Å²) < 4.78 is 0. The molecule has 0 radical (unpaired) electrons. The predicted molar refractivity (Wildman–Crippen MR) is 46.1 cm³/mol. The van der Waals surface area contributed by atoms with Crippen molar-refractivity contribution in [3.63, 3.8) is 0 Å². The number of hydrogen-bond donors (Lipinski definition) is 3. The van der Waals surface area contributed by atoms with E-state index in [1.54, 1.807) is 0 Å². The Hall–Kier alpha value is -0.770. The first-order valence-electron chi connectivity index (χ1n) is 4.14. The van der Waals surface area contributed by atoms with Crippen LogP contribution in [0.25, 0.3) is 0 Å². The third-order valence-electron chi connectivity index (χ3n) is 1.55. The van der Waals surface area contributed by atoms with Crippen LogP contribution in [0.1, 0.15) is 26.2 Å². The van der Waals surface area contributed by atoms with Gasteiger partial charge in [-0.15, -0.1) is 0 Å². The van der Waals surface area contributed by atoms with Gasteiger partial charge < -0.3 is 5.32 Å². The van der Waals surface area contributed by atoms with Gasteiger partial charge in [0, 0.05) is 12.6 Å². The predicted octanol–water partition coefficient (Wildman–Crippen LogP) is -0.0323. The van der Waals surface area contributed by atoms with Gasteiger partial charge in [-0.3, -0.25) is 10.4 Å². The van der Waals surface area contributed by atoms with E-state index in [0.717, 1.165) is 18.9 Å². The van der Waals surface area contributed by atoms with Crippen LogP contribution in [0.5, 0.6) is 0 Å². The molecule has 0 aliphatic heterocycles. The van der Waals surface area contributed by atoms with Crippen molar-refractivity contribution in [3.8, 4) is 0 Å². The zero-order valence-corrected chi connectivity index (χ0v) is 6.93. The molecule has 0 atom stereocenters. The van der Waals surface area contributed by atoms with Crippen molar-refractivity contribution in [3.05, 3.63) is 0 Å². The van der Waals surface area contributed by atoms with E-state index in [2.05, 4.69) is 22.7 Å². The third kappa shape index (κ3) is 3.23. The first-order valence-corrected chi connectivity index (χ1v) is 4.14. The highest BCUT2D eigenvalue weighted by molar-refractivity contribution is 5.79.